The molecule has 4 aromatic rings. The first-order valence-electron chi connectivity index (χ1n) is 19.5. The lowest BCUT2D eigenvalue weighted by molar-refractivity contribution is -0.184. The van der Waals surface area contributed by atoms with Crippen molar-refractivity contribution in [1.82, 2.24) is 5.32 Å². The molecule has 2 saturated heterocycles. The minimum absolute atomic E-state index is 0. The number of nitrogens with two attached hydrogens (primary N) is 1. The van der Waals surface area contributed by atoms with Crippen LogP contribution in [-0.4, -0.2) is 88.9 Å². The van der Waals surface area contributed by atoms with E-state index in [0.717, 1.165) is 11.5 Å². The number of thioether (sulfide) groups is 2. The number of amides is 1. The van der Waals surface area contributed by atoms with Crippen LogP contribution in [0.25, 0.3) is 0 Å². The fourth-order valence-electron chi connectivity index (χ4n) is 7.42. The summed E-state index contributed by atoms with van der Waals surface area (Å²) in [5.41, 5.74) is 3.87. The van der Waals surface area contributed by atoms with Crippen molar-refractivity contribution in [2.24, 2.45) is 15.7 Å². The normalized spacial score (nSPS) is 20.6. The fraction of sp³-hybridized carbons (Fsp3) is 0.364. The van der Waals surface area contributed by atoms with E-state index >= 15 is 0 Å². The topological polar surface area (TPSA) is 117 Å². The average Bonchev–Trinajstić information content (AvgIpc) is 3.88. The van der Waals surface area contributed by atoms with Gasteiger partial charge < -0.3 is 16.2 Å². The molecule has 0 saturated carbocycles. The third-order valence-corrected chi connectivity index (χ3v) is 16.4. The van der Waals surface area contributed by atoms with Gasteiger partial charge in [0.15, 0.2) is 0 Å². The summed E-state index contributed by atoms with van der Waals surface area (Å²) in [4.78, 5) is 32.0. The Kier molecular flexibility index (Phi) is 18.0. The molecule has 4 heterocycles. The van der Waals surface area contributed by atoms with Crippen molar-refractivity contribution >= 4 is 133 Å². The monoisotopic (exact) mass is 1140 g/mol. The van der Waals surface area contributed by atoms with E-state index in [1.54, 1.807) is 43.8 Å². The maximum Gasteiger partial charge on any atom is 0.400 e. The molecule has 22 heteroatoms. The van der Waals surface area contributed by atoms with Gasteiger partial charge in [-0.05, 0) is 95.8 Å². The number of alkyl halides is 6. The summed E-state index contributed by atoms with van der Waals surface area (Å²) < 4.78 is 85.4. The number of carboxylic acids is 1. The summed E-state index contributed by atoms with van der Waals surface area (Å²) in [6.07, 6.45) is -9.99. The first kappa shape index (κ1) is 54.6. The Morgan fingerprint density at radius 3 is 1.32 bits per heavy atom. The van der Waals surface area contributed by atoms with Gasteiger partial charge in [-0.1, -0.05) is 81.7 Å². The van der Waals surface area contributed by atoms with E-state index in [-0.39, 0.29) is 87.9 Å². The van der Waals surface area contributed by atoms with E-state index < -0.39 is 48.7 Å². The quantitative estimate of drug-likeness (QED) is 0.125. The van der Waals surface area contributed by atoms with Gasteiger partial charge in [0.05, 0.1) is 48.8 Å². The second-order valence-corrected chi connectivity index (χ2v) is 20.5. The predicted octanol–water partition coefficient (Wildman–Crippen LogP) is 13.5. The molecule has 2 atom stereocenters. The SMILES string of the molecule is Br.Cc1cc(C2=NCC(c3cc(Cl)c(Cl)c(Cl)c3)(C(F)(F)F)C2)ccc1C(=O)NC1CSC1.Cc1cc(C2=NCC(c3cc(Cl)c(Cl)c(Cl)c3)(C(F)(F)F)C2)ccc1C(=O)O.NC1CSC1. The summed E-state index contributed by atoms with van der Waals surface area (Å²) in [6.45, 7) is 2.33. The Hall–Kier alpha value is -2.38. The lowest BCUT2D eigenvalue weighted by Crippen LogP contribution is -2.44. The molecule has 0 aliphatic carbocycles. The van der Waals surface area contributed by atoms with Crippen LogP contribution in [0.3, 0.4) is 0 Å². The van der Waals surface area contributed by atoms with Gasteiger partial charge in [-0.15, -0.1) is 17.0 Å². The maximum absolute atomic E-state index is 14.3. The molecule has 2 fully saturated rings. The summed E-state index contributed by atoms with van der Waals surface area (Å²) in [5.74, 6) is 2.85. The third-order valence-electron chi connectivity index (χ3n) is 11.4. The van der Waals surface area contributed by atoms with Crippen LogP contribution >= 0.6 is 110 Å². The Balaban J connectivity index is 0.000000222. The van der Waals surface area contributed by atoms with E-state index in [9.17, 15) is 35.9 Å². The summed E-state index contributed by atoms with van der Waals surface area (Å²) in [6, 6.07) is 14.8. The van der Waals surface area contributed by atoms with Gasteiger partial charge in [-0.2, -0.15) is 49.9 Å². The number of hydrogen-bond acceptors (Lipinski definition) is 7. The Labute approximate surface area is 425 Å². The fourth-order valence-corrected chi connectivity index (χ4v) is 9.76. The molecule has 0 spiro atoms. The molecule has 2 unspecified atom stereocenters. The summed E-state index contributed by atoms with van der Waals surface area (Å²) in [7, 11) is 0. The molecular weight excluding hydrogens is 1100 g/mol. The summed E-state index contributed by atoms with van der Waals surface area (Å²) in [5, 5.41) is 11.9. The summed E-state index contributed by atoms with van der Waals surface area (Å²) >= 11 is 39.4. The number of nitrogens with one attached hydrogen (secondary N) is 1. The molecule has 7 nitrogen and oxygen atoms in total. The van der Waals surface area contributed by atoms with Crippen LogP contribution in [0.2, 0.25) is 30.1 Å². The molecule has 0 bridgehead atoms. The molecule has 0 radical (unpaired) electrons. The van der Waals surface area contributed by atoms with E-state index in [1.165, 1.54) is 54.0 Å². The number of benzene rings is 4. The molecule has 4 aliphatic rings. The van der Waals surface area contributed by atoms with Gasteiger partial charge >= 0.3 is 18.3 Å². The van der Waals surface area contributed by atoms with Gasteiger partial charge in [0.1, 0.15) is 10.8 Å². The van der Waals surface area contributed by atoms with E-state index in [2.05, 4.69) is 15.3 Å². The van der Waals surface area contributed by atoms with Crippen LogP contribution in [0.5, 0.6) is 0 Å². The molecule has 8 rings (SSSR count). The lowest BCUT2D eigenvalue weighted by atomic mass is 9.76. The smallest absolute Gasteiger partial charge is 0.400 e. The predicted molar refractivity (Wildman–Crippen MR) is 264 cm³/mol. The van der Waals surface area contributed by atoms with Crippen LogP contribution in [0.15, 0.2) is 70.6 Å². The van der Waals surface area contributed by atoms with Crippen LogP contribution < -0.4 is 11.1 Å². The molecular formula is C44H39BrCl6F6N4O3S2. The zero-order chi connectivity index (χ0) is 47.8. The molecule has 0 aromatic heterocycles. The van der Waals surface area contributed by atoms with Crippen molar-refractivity contribution in [3.05, 3.63) is 135 Å². The Morgan fingerprint density at radius 1 is 0.667 bits per heavy atom. The molecule has 1 amide bonds. The van der Waals surface area contributed by atoms with Crippen LogP contribution in [-0.2, 0) is 10.8 Å². The highest BCUT2D eigenvalue weighted by Crippen LogP contribution is 2.51. The number of rotatable bonds is 7. The van der Waals surface area contributed by atoms with Gasteiger partial charge in [0.2, 0.25) is 0 Å². The zero-order valence-electron chi connectivity index (χ0n) is 34.6. The van der Waals surface area contributed by atoms with Crippen molar-refractivity contribution in [2.75, 3.05) is 36.1 Å². The van der Waals surface area contributed by atoms with Crippen molar-refractivity contribution in [3.8, 4) is 0 Å². The molecule has 4 aliphatic heterocycles. The second kappa shape index (κ2) is 21.7. The number of aromatic carboxylic acids is 1. The minimum Gasteiger partial charge on any atom is -0.478 e. The van der Waals surface area contributed by atoms with Gasteiger partial charge in [0, 0.05) is 64.9 Å². The number of carbonyl (C=O) groups is 2. The standard InChI is InChI=1S/C22H18Cl3F3N2OS.C19H13Cl3F3NO2.C3H7NS.BrH/c1-11-4-12(2-3-15(11)20(31)30-14-8-32-9-14)18-7-21(10-29-18,22(26,27)28)13-5-16(23)19(25)17(24)6-13;1-9-4-10(2-3-12(9)17(27)28)15-7-18(8-26-15,19(23,24)25)11-5-13(20)16(22)14(21)6-11;4-3-1-5-2-3;/h2-6,14H,7-10H2,1H3,(H,30,31);2-6H,7-8H2,1H3,(H,27,28);3H,1-2,4H2;1H. The zero-order valence-corrected chi connectivity index (χ0v) is 42.5. The van der Waals surface area contributed by atoms with Crippen molar-refractivity contribution in [1.29, 1.82) is 0 Å². The van der Waals surface area contributed by atoms with Gasteiger partial charge in [-0.25, -0.2) is 4.79 Å². The highest BCUT2D eigenvalue weighted by molar-refractivity contribution is 8.93. The van der Waals surface area contributed by atoms with E-state index in [0.29, 0.717) is 39.6 Å². The number of aryl methyl sites for hydroxylation is 2. The van der Waals surface area contributed by atoms with Crippen LogP contribution in [0.1, 0.15) is 66.9 Å². The average molecular weight is 1140 g/mol. The molecule has 4 N–H and O–H groups in total. The molecule has 4 aromatic carbocycles. The number of aliphatic imine (C=N–C) groups is 2. The Morgan fingerprint density at radius 2 is 1.03 bits per heavy atom. The minimum atomic E-state index is -4.62. The highest BCUT2D eigenvalue weighted by Gasteiger charge is 2.60. The Bertz CT molecular complexity index is 2530. The molecule has 356 valence electrons. The number of carboxylic acid groups (broad SMARTS) is 1. The van der Waals surface area contributed by atoms with Gasteiger partial charge in [0.25, 0.3) is 5.91 Å². The molecule has 66 heavy (non-hydrogen) atoms. The first-order valence-corrected chi connectivity index (χ1v) is 24.1. The van der Waals surface area contributed by atoms with E-state index in [1.807, 2.05) is 11.8 Å². The number of carbonyl (C=O) groups excluding carboxylic acids is 1. The van der Waals surface area contributed by atoms with Crippen molar-refractivity contribution in [2.45, 2.75) is 62.0 Å². The number of hydrogen-bond donors (Lipinski definition) is 3. The lowest BCUT2D eigenvalue weighted by Gasteiger charge is -2.32. The highest BCUT2D eigenvalue weighted by atomic mass is 79.9. The number of nitrogens with zero attached hydrogens (tertiary/aromatic N) is 2. The third kappa shape index (κ3) is 11.6. The first-order chi connectivity index (χ1) is 30.4. The largest absolute Gasteiger partial charge is 0.478 e. The second-order valence-electron chi connectivity index (χ2n) is 15.9. The number of halogens is 13. The van der Waals surface area contributed by atoms with Crippen molar-refractivity contribution in [3.63, 3.8) is 0 Å². The van der Waals surface area contributed by atoms with Crippen LogP contribution in [0, 0.1) is 13.8 Å². The maximum atomic E-state index is 14.3. The van der Waals surface area contributed by atoms with Crippen molar-refractivity contribution < 1.29 is 41.0 Å². The van der Waals surface area contributed by atoms with Crippen LogP contribution in [0.4, 0.5) is 26.3 Å². The van der Waals surface area contributed by atoms with Gasteiger partial charge in [-0.3, -0.25) is 14.8 Å². The van der Waals surface area contributed by atoms with E-state index in [4.69, 9.17) is 80.4 Å².